The number of phenolic OH excluding ortho intramolecular Hbond substituents is 1. The van der Waals surface area contributed by atoms with Crippen molar-refractivity contribution in [1.82, 2.24) is 4.90 Å². The number of benzene rings is 2. The van der Waals surface area contributed by atoms with Gasteiger partial charge in [-0.3, -0.25) is 9.69 Å². The smallest absolute Gasteiger partial charge is 0.266 e. The van der Waals surface area contributed by atoms with E-state index >= 15 is 0 Å². The molecule has 1 heterocycles. The fraction of sp³-hybridized carbons (Fsp3) is 0.158. The first-order valence-electron chi connectivity index (χ1n) is 7.79. The third-order valence-electron chi connectivity index (χ3n) is 4.00. The highest BCUT2D eigenvalue weighted by Crippen LogP contribution is 2.37. The molecule has 2 aromatic rings. The summed E-state index contributed by atoms with van der Waals surface area (Å²) in [6.45, 7) is 1.88. The van der Waals surface area contributed by atoms with Crippen LogP contribution in [0.5, 0.6) is 11.5 Å². The quantitative estimate of drug-likeness (QED) is 0.781. The highest BCUT2D eigenvalue weighted by Gasteiger charge is 2.30. The molecule has 1 aliphatic rings. The maximum absolute atomic E-state index is 12.5. The second-order valence-electron chi connectivity index (χ2n) is 5.65. The van der Waals surface area contributed by atoms with Crippen molar-refractivity contribution >= 4 is 46.2 Å². The van der Waals surface area contributed by atoms with Crippen LogP contribution < -0.4 is 4.74 Å². The minimum absolute atomic E-state index is 0.00497. The largest absolute Gasteiger partial charge is 0.504 e. The molecule has 0 unspecified atom stereocenters. The van der Waals surface area contributed by atoms with E-state index in [4.69, 9.17) is 16.3 Å². The number of phenols is 1. The lowest BCUT2D eigenvalue weighted by Gasteiger charge is -2.08. The lowest BCUT2D eigenvalue weighted by molar-refractivity contribution is -0.121. The molecule has 0 spiro atoms. The summed E-state index contributed by atoms with van der Waals surface area (Å²) in [7, 11) is 3.15. The Kier molecular flexibility index (Phi) is 5.25. The zero-order chi connectivity index (χ0) is 18.8. The molecule has 1 N–H and O–H groups in total. The number of aliphatic imine (C=N–C) groups is 1. The molecule has 134 valence electrons. The average molecular weight is 389 g/mol. The van der Waals surface area contributed by atoms with Gasteiger partial charge in [0.1, 0.15) is 0 Å². The maximum atomic E-state index is 12.5. The van der Waals surface area contributed by atoms with Crippen molar-refractivity contribution in [3.8, 4) is 11.5 Å². The molecule has 1 saturated heterocycles. The van der Waals surface area contributed by atoms with Crippen molar-refractivity contribution in [3.63, 3.8) is 0 Å². The number of methoxy groups -OCH3 is 1. The number of para-hydroxylation sites is 1. The van der Waals surface area contributed by atoms with Crippen molar-refractivity contribution in [2.24, 2.45) is 4.99 Å². The molecule has 0 aliphatic carbocycles. The van der Waals surface area contributed by atoms with Crippen LogP contribution in [0.15, 0.2) is 46.3 Å². The highest BCUT2D eigenvalue weighted by atomic mass is 35.5. The van der Waals surface area contributed by atoms with Crippen molar-refractivity contribution in [2.45, 2.75) is 6.92 Å². The van der Waals surface area contributed by atoms with Crippen LogP contribution in [0.1, 0.15) is 11.1 Å². The molecule has 0 saturated carbocycles. The molecule has 1 aliphatic heterocycles. The van der Waals surface area contributed by atoms with Gasteiger partial charge in [-0.2, -0.15) is 0 Å². The molecule has 0 radical (unpaired) electrons. The molecular formula is C19H17ClN2O3S. The molecule has 1 amide bonds. The van der Waals surface area contributed by atoms with Crippen LogP contribution in [-0.4, -0.2) is 35.2 Å². The van der Waals surface area contributed by atoms with E-state index in [1.54, 1.807) is 37.4 Å². The topological polar surface area (TPSA) is 62.1 Å². The molecule has 2 aromatic carbocycles. The standard InChI is InChI=1S/C19H17ClN2O3S/c1-11-13(20)7-5-8-14(11)21-19-22(2)18(24)16(26-19)10-12-6-4-9-15(25-3)17(12)23/h4-10,23H,1-3H3. The Morgan fingerprint density at radius 3 is 2.73 bits per heavy atom. The fourth-order valence-electron chi connectivity index (χ4n) is 2.43. The van der Waals surface area contributed by atoms with Crippen molar-refractivity contribution in [2.75, 3.05) is 14.2 Å². The molecule has 0 bridgehead atoms. The molecule has 0 aromatic heterocycles. The Morgan fingerprint density at radius 1 is 1.27 bits per heavy atom. The second kappa shape index (κ2) is 7.43. The summed E-state index contributed by atoms with van der Waals surface area (Å²) in [6, 6.07) is 10.6. The van der Waals surface area contributed by atoms with E-state index in [-0.39, 0.29) is 11.7 Å². The van der Waals surface area contributed by atoms with Crippen LogP contribution in [0.3, 0.4) is 0 Å². The Hall–Kier alpha value is -2.44. The van der Waals surface area contributed by atoms with Crippen molar-refractivity contribution < 1.29 is 14.6 Å². The Labute approximate surface area is 160 Å². The number of hydrogen-bond donors (Lipinski definition) is 1. The van der Waals surface area contributed by atoms with Gasteiger partial charge in [0.2, 0.25) is 0 Å². The van der Waals surface area contributed by atoms with Gasteiger partial charge < -0.3 is 9.84 Å². The minimum Gasteiger partial charge on any atom is -0.504 e. The summed E-state index contributed by atoms with van der Waals surface area (Å²) in [5, 5.41) is 11.4. The summed E-state index contributed by atoms with van der Waals surface area (Å²) in [4.78, 5) is 19.1. The molecule has 26 heavy (non-hydrogen) atoms. The summed E-state index contributed by atoms with van der Waals surface area (Å²) >= 11 is 7.38. The number of aromatic hydroxyl groups is 1. The minimum atomic E-state index is -0.185. The summed E-state index contributed by atoms with van der Waals surface area (Å²) < 4.78 is 5.10. The van der Waals surface area contributed by atoms with Crippen LogP contribution in [0, 0.1) is 6.92 Å². The van der Waals surface area contributed by atoms with Crippen molar-refractivity contribution in [1.29, 1.82) is 0 Å². The van der Waals surface area contributed by atoms with Gasteiger partial charge in [-0.05, 0) is 48.5 Å². The molecular weight excluding hydrogens is 372 g/mol. The predicted molar refractivity (Wildman–Crippen MR) is 106 cm³/mol. The van der Waals surface area contributed by atoms with E-state index in [0.29, 0.717) is 32.1 Å². The molecule has 7 heteroatoms. The first-order chi connectivity index (χ1) is 12.4. The number of carbonyl (C=O) groups excluding carboxylic acids is 1. The van der Waals surface area contributed by atoms with Gasteiger partial charge in [-0.25, -0.2) is 4.99 Å². The number of amides is 1. The van der Waals surface area contributed by atoms with Crippen LogP contribution in [0.2, 0.25) is 5.02 Å². The second-order valence-corrected chi connectivity index (χ2v) is 7.07. The lowest BCUT2D eigenvalue weighted by Crippen LogP contribution is -2.23. The van der Waals surface area contributed by atoms with Crippen LogP contribution in [-0.2, 0) is 4.79 Å². The van der Waals surface area contributed by atoms with Crippen LogP contribution in [0.25, 0.3) is 6.08 Å². The van der Waals surface area contributed by atoms with Gasteiger partial charge in [-0.15, -0.1) is 0 Å². The zero-order valence-electron chi connectivity index (χ0n) is 14.5. The number of carbonyl (C=O) groups is 1. The molecule has 1 fully saturated rings. The average Bonchev–Trinajstić information content (AvgIpc) is 2.89. The molecule has 3 rings (SSSR count). The first-order valence-corrected chi connectivity index (χ1v) is 8.99. The van der Waals surface area contributed by atoms with Gasteiger partial charge in [0, 0.05) is 17.6 Å². The Morgan fingerprint density at radius 2 is 2.00 bits per heavy atom. The van der Waals surface area contributed by atoms with E-state index in [1.807, 2.05) is 19.1 Å². The third-order valence-corrected chi connectivity index (χ3v) is 5.47. The van der Waals surface area contributed by atoms with Crippen LogP contribution in [0.4, 0.5) is 5.69 Å². The Balaban J connectivity index is 1.97. The lowest BCUT2D eigenvalue weighted by atomic mass is 10.1. The number of thioether (sulfide) groups is 1. The third kappa shape index (κ3) is 3.43. The monoisotopic (exact) mass is 388 g/mol. The van der Waals surface area contributed by atoms with Crippen LogP contribution >= 0.6 is 23.4 Å². The number of hydrogen-bond acceptors (Lipinski definition) is 5. The number of nitrogens with zero attached hydrogens (tertiary/aromatic N) is 2. The highest BCUT2D eigenvalue weighted by molar-refractivity contribution is 8.18. The predicted octanol–water partition coefficient (Wildman–Crippen LogP) is 4.60. The zero-order valence-corrected chi connectivity index (χ0v) is 16.1. The number of halogens is 1. The van der Waals surface area contributed by atoms with E-state index in [2.05, 4.69) is 4.99 Å². The van der Waals surface area contributed by atoms with E-state index in [9.17, 15) is 9.90 Å². The fourth-order valence-corrected chi connectivity index (χ4v) is 3.57. The molecule has 0 atom stereocenters. The SMILES string of the molecule is COc1cccc(C=C2SC(=Nc3cccc(Cl)c3C)N(C)C2=O)c1O. The molecule has 5 nitrogen and oxygen atoms in total. The van der Waals surface area contributed by atoms with Gasteiger partial charge in [0.05, 0.1) is 17.7 Å². The van der Waals surface area contributed by atoms with E-state index in [0.717, 1.165) is 5.56 Å². The number of rotatable bonds is 3. The summed E-state index contributed by atoms with van der Waals surface area (Å²) in [5.74, 6) is 0.164. The maximum Gasteiger partial charge on any atom is 0.266 e. The van der Waals surface area contributed by atoms with Gasteiger partial charge in [-0.1, -0.05) is 29.8 Å². The van der Waals surface area contributed by atoms with Gasteiger partial charge in [0.15, 0.2) is 16.7 Å². The van der Waals surface area contributed by atoms with E-state index < -0.39 is 0 Å². The number of amidine groups is 1. The number of likely N-dealkylation sites (N-methyl/N-ethyl adjacent to an activating group) is 1. The summed E-state index contributed by atoms with van der Waals surface area (Å²) in [6.07, 6.45) is 1.63. The Bertz CT molecular complexity index is 940. The first kappa shape index (κ1) is 18.4. The van der Waals surface area contributed by atoms with E-state index in [1.165, 1.54) is 23.8 Å². The number of ether oxygens (including phenoxy) is 1. The summed E-state index contributed by atoms with van der Waals surface area (Å²) in [5.41, 5.74) is 2.07. The van der Waals surface area contributed by atoms with Crippen molar-refractivity contribution in [3.05, 3.63) is 57.5 Å². The van der Waals surface area contributed by atoms with Gasteiger partial charge in [0.25, 0.3) is 5.91 Å². The van der Waals surface area contributed by atoms with Gasteiger partial charge >= 0.3 is 0 Å². The normalized spacial score (nSPS) is 17.4.